The lowest BCUT2D eigenvalue weighted by molar-refractivity contribution is 0.0920. The number of fused-ring (bicyclic) bond motifs is 4. The lowest BCUT2D eigenvalue weighted by atomic mass is 10.1. The zero-order chi connectivity index (χ0) is 28.6. The van der Waals surface area contributed by atoms with E-state index in [-0.39, 0.29) is 18.8 Å². The number of aliphatic hydroxyl groups is 1. The second-order valence-corrected chi connectivity index (χ2v) is 10.2. The van der Waals surface area contributed by atoms with E-state index in [0.717, 1.165) is 50.5 Å². The number of nitrogens with one attached hydrogen (secondary N) is 1. The summed E-state index contributed by atoms with van der Waals surface area (Å²) in [5.41, 5.74) is 6.51. The summed E-state index contributed by atoms with van der Waals surface area (Å²) in [6.45, 7) is 9.76. The third-order valence-electron chi connectivity index (χ3n) is 7.49. The molecule has 214 valence electrons. The molecule has 0 spiro atoms. The Morgan fingerprint density at radius 2 is 2.00 bits per heavy atom. The number of ether oxygens (including phenoxy) is 3. The molecule has 12 heteroatoms. The molecule has 1 aliphatic heterocycles. The molecule has 12 nitrogen and oxygen atoms in total. The van der Waals surface area contributed by atoms with E-state index < -0.39 is 0 Å². The van der Waals surface area contributed by atoms with Crippen molar-refractivity contribution in [1.82, 2.24) is 39.6 Å². The van der Waals surface area contributed by atoms with Crippen LogP contribution < -0.4 is 9.47 Å². The Morgan fingerprint density at radius 1 is 1.20 bits per heavy atom. The van der Waals surface area contributed by atoms with Crippen molar-refractivity contribution in [2.45, 2.75) is 59.5 Å². The van der Waals surface area contributed by atoms with Crippen molar-refractivity contribution in [2.75, 3.05) is 27.4 Å². The van der Waals surface area contributed by atoms with Gasteiger partial charge < -0.3 is 19.3 Å². The molecule has 0 fully saturated rings. The Labute approximate surface area is 233 Å². The van der Waals surface area contributed by atoms with Crippen LogP contribution in [0.15, 0.2) is 6.07 Å². The molecule has 0 saturated carbocycles. The summed E-state index contributed by atoms with van der Waals surface area (Å²) >= 11 is 0. The highest BCUT2D eigenvalue weighted by molar-refractivity contribution is 5.93. The van der Waals surface area contributed by atoms with Gasteiger partial charge in [-0.05, 0) is 53.0 Å². The van der Waals surface area contributed by atoms with Crippen LogP contribution in [0.4, 0.5) is 0 Å². The van der Waals surface area contributed by atoms with Crippen LogP contribution in [0.1, 0.15) is 49.1 Å². The molecule has 0 amide bonds. The lowest BCUT2D eigenvalue weighted by Crippen LogP contribution is -2.41. The predicted molar refractivity (Wildman–Crippen MR) is 152 cm³/mol. The summed E-state index contributed by atoms with van der Waals surface area (Å²) in [5.74, 6) is 1.16. The van der Waals surface area contributed by atoms with Crippen molar-refractivity contribution in [3.05, 3.63) is 34.4 Å². The molecule has 4 aromatic heterocycles. The average molecular weight is 551 g/mol. The molecule has 0 saturated heterocycles. The van der Waals surface area contributed by atoms with Crippen LogP contribution in [0, 0.1) is 6.92 Å². The summed E-state index contributed by atoms with van der Waals surface area (Å²) in [6, 6.07) is 2.03. The van der Waals surface area contributed by atoms with E-state index >= 15 is 0 Å². The van der Waals surface area contributed by atoms with Gasteiger partial charge in [0.1, 0.15) is 17.3 Å². The average Bonchev–Trinajstić information content (AvgIpc) is 3.56. The molecular weight excluding hydrogens is 512 g/mol. The summed E-state index contributed by atoms with van der Waals surface area (Å²) in [6.07, 6.45) is 3.80. The van der Waals surface area contributed by atoms with Crippen LogP contribution in [-0.2, 0) is 31.5 Å². The van der Waals surface area contributed by atoms with Gasteiger partial charge in [-0.2, -0.15) is 10.2 Å². The molecular formula is C28H38N8O4. The molecule has 0 aliphatic carbocycles. The molecule has 0 aromatic carbocycles. The number of aryl methyl sites for hydroxylation is 2. The number of nitrogens with zero attached hydrogens (tertiary/aromatic N) is 7. The highest BCUT2D eigenvalue weighted by atomic mass is 16.5. The Hall–Kier alpha value is -3.74. The van der Waals surface area contributed by atoms with Crippen molar-refractivity contribution in [3.63, 3.8) is 0 Å². The fourth-order valence-electron chi connectivity index (χ4n) is 5.16. The number of methoxy groups -OCH3 is 1. The van der Waals surface area contributed by atoms with Gasteiger partial charge in [0.15, 0.2) is 0 Å². The van der Waals surface area contributed by atoms with Gasteiger partial charge in [0.2, 0.25) is 11.8 Å². The van der Waals surface area contributed by atoms with Crippen molar-refractivity contribution < 1.29 is 19.3 Å². The van der Waals surface area contributed by atoms with Gasteiger partial charge in [0.05, 0.1) is 60.3 Å². The third kappa shape index (κ3) is 4.98. The Kier molecular flexibility index (Phi) is 7.92. The van der Waals surface area contributed by atoms with E-state index in [1.165, 1.54) is 0 Å². The number of aliphatic hydroxyl groups excluding tert-OH is 1. The fraction of sp³-hybridized carbons (Fsp3) is 0.500. The molecule has 1 aliphatic rings. The van der Waals surface area contributed by atoms with Crippen LogP contribution in [0.25, 0.3) is 34.3 Å². The summed E-state index contributed by atoms with van der Waals surface area (Å²) < 4.78 is 21.7. The predicted octanol–water partition coefficient (Wildman–Crippen LogP) is 3.17. The molecule has 2 atom stereocenters. The first-order chi connectivity index (χ1) is 19.3. The van der Waals surface area contributed by atoms with Gasteiger partial charge in [0, 0.05) is 32.1 Å². The van der Waals surface area contributed by atoms with E-state index in [0.29, 0.717) is 38.1 Å². The van der Waals surface area contributed by atoms with Gasteiger partial charge in [-0.3, -0.25) is 19.7 Å². The molecule has 5 rings (SSSR count). The minimum absolute atomic E-state index is 0.0118. The zero-order valence-electron chi connectivity index (χ0n) is 24.2. The highest BCUT2D eigenvalue weighted by Crippen LogP contribution is 2.37. The minimum atomic E-state index is -0.200. The van der Waals surface area contributed by atoms with Crippen LogP contribution in [0.2, 0.25) is 0 Å². The molecule has 2 bridgehead atoms. The van der Waals surface area contributed by atoms with E-state index in [9.17, 15) is 5.11 Å². The number of aromatic amines is 1. The van der Waals surface area contributed by atoms with E-state index in [4.69, 9.17) is 29.4 Å². The molecule has 5 heterocycles. The lowest BCUT2D eigenvalue weighted by Gasteiger charge is -2.30. The van der Waals surface area contributed by atoms with Crippen molar-refractivity contribution in [3.8, 4) is 23.0 Å². The third-order valence-corrected chi connectivity index (χ3v) is 7.49. The molecule has 0 unspecified atom stereocenters. The van der Waals surface area contributed by atoms with Crippen LogP contribution in [0.5, 0.6) is 11.8 Å². The van der Waals surface area contributed by atoms with Crippen LogP contribution >= 0.6 is 0 Å². The second-order valence-electron chi connectivity index (χ2n) is 10.2. The Bertz CT molecular complexity index is 1540. The van der Waals surface area contributed by atoms with Crippen LogP contribution in [-0.4, -0.2) is 84.3 Å². The molecule has 4 aromatic rings. The van der Waals surface area contributed by atoms with E-state index in [1.54, 1.807) is 11.8 Å². The minimum Gasteiger partial charge on any atom is -0.476 e. The maximum absolute atomic E-state index is 9.78. The maximum Gasteiger partial charge on any atom is 0.240 e. The number of rotatable bonds is 6. The number of hydrogen-bond acceptors (Lipinski definition) is 9. The topological polar surface area (TPSA) is 128 Å². The first-order valence-corrected chi connectivity index (χ1v) is 13.6. The summed E-state index contributed by atoms with van der Waals surface area (Å²) in [4.78, 5) is 7.13. The maximum atomic E-state index is 9.78. The molecule has 40 heavy (non-hydrogen) atoms. The van der Waals surface area contributed by atoms with Gasteiger partial charge in [-0.15, -0.1) is 5.10 Å². The van der Waals surface area contributed by atoms with Gasteiger partial charge in [-0.25, -0.2) is 4.68 Å². The van der Waals surface area contributed by atoms with Crippen molar-refractivity contribution in [1.29, 1.82) is 0 Å². The smallest absolute Gasteiger partial charge is 0.240 e. The van der Waals surface area contributed by atoms with Crippen molar-refractivity contribution >= 4 is 23.1 Å². The van der Waals surface area contributed by atoms with E-state index in [2.05, 4.69) is 36.0 Å². The van der Waals surface area contributed by atoms with Gasteiger partial charge in [-0.1, -0.05) is 0 Å². The first-order valence-electron chi connectivity index (χ1n) is 13.6. The Balaban J connectivity index is 1.76. The number of pyridine rings is 1. The summed E-state index contributed by atoms with van der Waals surface area (Å²) in [7, 11) is 5.58. The highest BCUT2D eigenvalue weighted by Gasteiger charge is 2.28. The quantitative estimate of drug-likeness (QED) is 0.372. The van der Waals surface area contributed by atoms with E-state index in [1.807, 2.05) is 43.8 Å². The largest absolute Gasteiger partial charge is 0.476 e. The fourth-order valence-corrected chi connectivity index (χ4v) is 5.16. The zero-order valence-corrected chi connectivity index (χ0v) is 24.2. The molecule has 2 N–H and O–H groups in total. The normalized spacial score (nSPS) is 18.7. The monoisotopic (exact) mass is 550 g/mol. The summed E-state index contributed by atoms with van der Waals surface area (Å²) in [5, 5.41) is 27.9. The van der Waals surface area contributed by atoms with Gasteiger partial charge in [0.25, 0.3) is 0 Å². The van der Waals surface area contributed by atoms with Crippen LogP contribution in [0.3, 0.4) is 0 Å². The SMILES string of the molecule is CCOc1nn(CCO)c2c1/C=C/c1[nH]nc3c(C)nc(cc13)-c1c(COC)nn(C)c1O[C@@H](C)[C@@H](C)N(C)C2. The Morgan fingerprint density at radius 3 is 2.73 bits per heavy atom. The number of H-pyrrole nitrogens is 1. The van der Waals surface area contributed by atoms with Gasteiger partial charge >= 0.3 is 0 Å². The number of likely N-dealkylation sites (N-methyl/N-ethyl adjacent to an activating group) is 1. The molecule has 0 radical (unpaired) electrons. The van der Waals surface area contributed by atoms with Crippen molar-refractivity contribution in [2.24, 2.45) is 7.05 Å². The number of hydrogen-bond donors (Lipinski definition) is 2. The second kappa shape index (κ2) is 11.4. The standard InChI is InChI=1S/C28H38N8O4/c1-8-39-27-19-9-10-21-20-13-22(29-16(2)26(20)31-30-21)25-23(15-38-7)32-35(6)28(25)40-18(4)17(3)34(5)14-24(19)36(33-27)11-12-37/h9-10,13,17-18,37H,8,11-12,14-15H2,1-7H3,(H,30,31)/b10-9+/t17-,18+/m1/s1. The first kappa shape index (κ1) is 27.8. The number of aromatic nitrogens is 7.